The van der Waals surface area contributed by atoms with E-state index in [2.05, 4.69) is 20.0 Å². The number of imidazole rings is 1. The maximum Gasteiger partial charge on any atom is 0.406 e. The van der Waals surface area contributed by atoms with Crippen molar-refractivity contribution in [2.75, 3.05) is 25.6 Å². The number of nitrogens with two attached hydrogens (primary N) is 1. The van der Waals surface area contributed by atoms with Crippen molar-refractivity contribution in [3.05, 3.63) is 6.33 Å². The smallest absolute Gasteiger partial charge is 0.406 e. The second-order valence-electron chi connectivity index (χ2n) is 9.91. The van der Waals surface area contributed by atoms with E-state index in [1.807, 2.05) is 20.8 Å². The topological polar surface area (TPSA) is 162 Å². The maximum atomic E-state index is 13.6. The molecule has 2 saturated heterocycles. The monoisotopic (exact) mass is 560 g/mol. The molecule has 13 nitrogen and oxygen atoms in total. The number of ether oxygens (including phenoxy) is 3. The SMILES string of the molecule is CCOc1nc(N)nc2c1ncn2[C@@H]1O[C@@H]2COP(=O)(N[C@H](COC(=O)C(C)C)C(C)C)O[C@H]2[C@@]1(C)Cl. The van der Waals surface area contributed by atoms with E-state index in [1.165, 1.54) is 6.33 Å². The summed E-state index contributed by atoms with van der Waals surface area (Å²) < 4.78 is 44.0. The van der Waals surface area contributed by atoms with E-state index in [1.54, 1.807) is 25.3 Å². The van der Waals surface area contributed by atoms with Crippen LogP contribution in [0.5, 0.6) is 5.88 Å². The first-order chi connectivity index (χ1) is 17.4. The van der Waals surface area contributed by atoms with Crippen LogP contribution in [0.25, 0.3) is 11.2 Å². The van der Waals surface area contributed by atoms with Crippen molar-refractivity contribution < 1.29 is 32.6 Å². The van der Waals surface area contributed by atoms with Gasteiger partial charge in [-0.15, -0.1) is 11.6 Å². The number of nitrogen functional groups attached to an aromatic ring is 1. The van der Waals surface area contributed by atoms with Gasteiger partial charge >= 0.3 is 13.7 Å². The highest BCUT2D eigenvalue weighted by Crippen LogP contribution is 2.58. The Morgan fingerprint density at radius 3 is 2.76 bits per heavy atom. The van der Waals surface area contributed by atoms with Crippen molar-refractivity contribution in [3.8, 4) is 5.88 Å². The molecule has 0 radical (unpaired) electrons. The van der Waals surface area contributed by atoms with Crippen molar-refractivity contribution in [3.63, 3.8) is 0 Å². The van der Waals surface area contributed by atoms with Crippen LogP contribution < -0.4 is 15.6 Å². The highest BCUT2D eigenvalue weighted by molar-refractivity contribution is 7.51. The minimum Gasteiger partial charge on any atom is -0.476 e. The fourth-order valence-electron chi connectivity index (χ4n) is 4.16. The van der Waals surface area contributed by atoms with E-state index in [4.69, 9.17) is 40.6 Å². The molecule has 3 N–H and O–H groups in total. The average molecular weight is 561 g/mol. The van der Waals surface area contributed by atoms with E-state index in [9.17, 15) is 9.36 Å². The third-order valence-electron chi connectivity index (χ3n) is 6.29. The summed E-state index contributed by atoms with van der Waals surface area (Å²) in [4.78, 5) is 23.6. The number of anilines is 1. The van der Waals surface area contributed by atoms with Crippen molar-refractivity contribution in [2.24, 2.45) is 11.8 Å². The number of halogens is 1. The Balaban J connectivity index is 1.55. The van der Waals surface area contributed by atoms with Crippen LogP contribution in [-0.2, 0) is 27.9 Å². The van der Waals surface area contributed by atoms with Crippen LogP contribution in [0.15, 0.2) is 6.33 Å². The van der Waals surface area contributed by atoms with Crippen LogP contribution in [0.3, 0.4) is 0 Å². The minimum atomic E-state index is -3.83. The van der Waals surface area contributed by atoms with Crippen LogP contribution in [0.4, 0.5) is 5.95 Å². The molecule has 2 aromatic rings. The quantitative estimate of drug-likeness (QED) is 0.262. The van der Waals surface area contributed by atoms with Gasteiger partial charge in [0, 0.05) is 0 Å². The number of aromatic nitrogens is 4. The number of rotatable bonds is 9. The molecule has 0 amide bonds. The summed E-state index contributed by atoms with van der Waals surface area (Å²) in [5.41, 5.74) is 6.67. The summed E-state index contributed by atoms with van der Waals surface area (Å²) in [5.74, 6) is -0.397. The number of hydrogen-bond donors (Lipinski definition) is 2. The average Bonchev–Trinajstić information content (AvgIpc) is 3.34. The molecule has 37 heavy (non-hydrogen) atoms. The zero-order valence-corrected chi connectivity index (χ0v) is 23.4. The standard InChI is InChI=1S/C22H34ClN6O7P/c1-7-32-18-15-17(26-21(24)27-18)29(10-25-15)20-22(6,23)16-14(35-20)9-34-37(31,36-16)28-13(11(2)3)8-33-19(30)12(4)5/h10-14,16,20H,7-9H2,1-6H3,(H,28,31)(H2,24,26,27)/t13-,14-,16-,20-,22-,37?/m1/s1. The Kier molecular flexibility index (Phi) is 8.04. The Hall–Kier alpha value is -2.02. The molecule has 1 unspecified atom stereocenters. The largest absolute Gasteiger partial charge is 0.476 e. The zero-order valence-electron chi connectivity index (χ0n) is 21.7. The first kappa shape index (κ1) is 28.0. The molecular weight excluding hydrogens is 527 g/mol. The van der Waals surface area contributed by atoms with Gasteiger partial charge in [0.05, 0.1) is 31.5 Å². The first-order valence-corrected chi connectivity index (χ1v) is 14.1. The summed E-state index contributed by atoms with van der Waals surface area (Å²) in [6.07, 6.45) is -0.711. The highest BCUT2D eigenvalue weighted by atomic mass is 35.5. The molecule has 15 heteroatoms. The Morgan fingerprint density at radius 2 is 2.11 bits per heavy atom. The molecule has 0 aliphatic carbocycles. The molecule has 0 aromatic carbocycles. The van der Waals surface area contributed by atoms with Gasteiger partial charge in [-0.05, 0) is 19.8 Å². The molecule has 0 bridgehead atoms. The zero-order chi connectivity index (χ0) is 27.1. The number of nitrogens with one attached hydrogen (secondary N) is 1. The number of alkyl halides is 1. The minimum absolute atomic E-state index is 0.00979. The molecule has 4 heterocycles. The van der Waals surface area contributed by atoms with Crippen molar-refractivity contribution in [1.29, 1.82) is 0 Å². The van der Waals surface area contributed by atoms with Crippen molar-refractivity contribution >= 4 is 42.4 Å². The van der Waals surface area contributed by atoms with E-state index in [0.29, 0.717) is 17.8 Å². The van der Waals surface area contributed by atoms with Gasteiger partial charge < -0.3 is 19.9 Å². The number of hydrogen-bond acceptors (Lipinski definition) is 11. The number of fused-ring (bicyclic) bond motifs is 2. The molecule has 2 aromatic heterocycles. The molecule has 6 atom stereocenters. The molecule has 2 aliphatic heterocycles. The van der Waals surface area contributed by atoms with Crippen LogP contribution >= 0.6 is 19.3 Å². The van der Waals surface area contributed by atoms with E-state index in [-0.39, 0.29) is 42.8 Å². The summed E-state index contributed by atoms with van der Waals surface area (Å²) in [6.45, 7) is 11.2. The molecule has 206 valence electrons. The maximum absolute atomic E-state index is 13.6. The van der Waals surface area contributed by atoms with Gasteiger partial charge in [-0.2, -0.15) is 9.97 Å². The van der Waals surface area contributed by atoms with Crippen LogP contribution in [-0.4, -0.2) is 68.4 Å². The van der Waals surface area contributed by atoms with Crippen molar-refractivity contribution in [1.82, 2.24) is 24.6 Å². The predicted molar refractivity (Wildman–Crippen MR) is 135 cm³/mol. The van der Waals surface area contributed by atoms with Crippen LogP contribution in [0, 0.1) is 11.8 Å². The lowest BCUT2D eigenvalue weighted by Gasteiger charge is -2.37. The van der Waals surface area contributed by atoms with Gasteiger partial charge in [-0.25, -0.2) is 14.6 Å². The van der Waals surface area contributed by atoms with Gasteiger partial charge in [0.15, 0.2) is 17.4 Å². The van der Waals surface area contributed by atoms with E-state index < -0.39 is 37.1 Å². The number of carbonyl (C=O) groups is 1. The molecule has 0 spiro atoms. The lowest BCUT2D eigenvalue weighted by Crippen LogP contribution is -2.47. The first-order valence-electron chi connectivity index (χ1n) is 12.2. The van der Waals surface area contributed by atoms with Gasteiger partial charge in [0.1, 0.15) is 23.7 Å². The Bertz CT molecular complexity index is 1190. The molecule has 2 fully saturated rings. The Labute approximate surface area is 220 Å². The molecule has 0 saturated carbocycles. The summed E-state index contributed by atoms with van der Waals surface area (Å²) in [5, 5.41) is 2.93. The molecular formula is C22H34ClN6O7P. The number of carbonyl (C=O) groups excluding carboxylic acids is 1. The number of nitrogens with zero attached hydrogens (tertiary/aromatic N) is 4. The summed E-state index contributed by atoms with van der Waals surface area (Å²) >= 11 is 7.03. The fourth-order valence-corrected chi connectivity index (χ4v) is 6.54. The number of esters is 1. The lowest BCUT2D eigenvalue weighted by molar-refractivity contribution is -0.148. The molecule has 4 rings (SSSR count). The van der Waals surface area contributed by atoms with E-state index >= 15 is 0 Å². The van der Waals surface area contributed by atoms with Gasteiger partial charge in [-0.3, -0.25) is 18.4 Å². The van der Waals surface area contributed by atoms with Crippen LogP contribution in [0.2, 0.25) is 0 Å². The van der Waals surface area contributed by atoms with Gasteiger partial charge in [-0.1, -0.05) is 27.7 Å². The Morgan fingerprint density at radius 1 is 1.38 bits per heavy atom. The van der Waals surface area contributed by atoms with Gasteiger partial charge in [0.25, 0.3) is 0 Å². The molecule has 2 aliphatic rings. The lowest BCUT2D eigenvalue weighted by atomic mass is 10.0. The third-order valence-corrected chi connectivity index (χ3v) is 8.33. The van der Waals surface area contributed by atoms with Crippen molar-refractivity contribution in [2.45, 2.75) is 70.9 Å². The second-order valence-corrected chi connectivity index (χ2v) is 12.4. The summed E-state index contributed by atoms with van der Waals surface area (Å²) in [6, 6.07) is -0.473. The second kappa shape index (κ2) is 10.6. The highest BCUT2D eigenvalue weighted by Gasteiger charge is 2.60. The fraction of sp³-hybridized carbons (Fsp3) is 0.727. The third kappa shape index (κ3) is 5.57. The normalized spacial score (nSPS) is 30.6. The van der Waals surface area contributed by atoms with Crippen LogP contribution in [0.1, 0.15) is 47.8 Å². The van der Waals surface area contributed by atoms with Gasteiger partial charge in [0.2, 0.25) is 11.8 Å². The van der Waals surface area contributed by atoms with E-state index in [0.717, 1.165) is 0 Å². The summed E-state index contributed by atoms with van der Waals surface area (Å²) in [7, 11) is -3.83. The predicted octanol–water partition coefficient (Wildman–Crippen LogP) is 3.04.